The van der Waals surface area contributed by atoms with Crippen LogP contribution < -0.4 is 5.48 Å². The van der Waals surface area contributed by atoms with Crippen LogP contribution in [0.5, 0.6) is 0 Å². The first-order valence-corrected chi connectivity index (χ1v) is 9.04. The summed E-state index contributed by atoms with van der Waals surface area (Å²) in [7, 11) is 0. The highest BCUT2D eigenvalue weighted by Crippen LogP contribution is 2.15. The van der Waals surface area contributed by atoms with Crippen LogP contribution in [0.1, 0.15) is 21.7 Å². The van der Waals surface area contributed by atoms with Crippen molar-refractivity contribution in [2.45, 2.75) is 26.9 Å². The predicted octanol–water partition coefficient (Wildman–Crippen LogP) is 4.75. The molecule has 3 rings (SSSR count). The zero-order valence-corrected chi connectivity index (χ0v) is 15.2. The van der Waals surface area contributed by atoms with Crippen LogP contribution in [0.4, 0.5) is 5.82 Å². The highest BCUT2D eigenvalue weighted by molar-refractivity contribution is 7.10. The second-order valence-electron chi connectivity index (χ2n) is 5.84. The number of thiophene rings is 1. The van der Waals surface area contributed by atoms with E-state index in [4.69, 9.17) is 4.84 Å². The maximum absolute atomic E-state index is 5.66. The van der Waals surface area contributed by atoms with E-state index in [2.05, 4.69) is 26.9 Å². The van der Waals surface area contributed by atoms with E-state index in [9.17, 15) is 0 Å². The fourth-order valence-electron chi connectivity index (χ4n) is 2.47. The molecule has 128 valence electrons. The van der Waals surface area contributed by atoms with E-state index in [0.29, 0.717) is 18.8 Å². The van der Waals surface area contributed by atoms with E-state index >= 15 is 0 Å². The van der Waals surface area contributed by atoms with Crippen molar-refractivity contribution in [3.8, 4) is 0 Å². The van der Waals surface area contributed by atoms with E-state index in [0.717, 1.165) is 22.7 Å². The molecule has 25 heavy (non-hydrogen) atoms. The van der Waals surface area contributed by atoms with Crippen LogP contribution in [0.25, 0.3) is 0 Å². The Morgan fingerprint density at radius 1 is 1.12 bits per heavy atom. The van der Waals surface area contributed by atoms with E-state index in [1.54, 1.807) is 11.3 Å². The van der Waals surface area contributed by atoms with Gasteiger partial charge in [0.05, 0.1) is 6.61 Å². The van der Waals surface area contributed by atoms with Crippen LogP contribution >= 0.6 is 11.3 Å². The number of amidine groups is 1. The summed E-state index contributed by atoms with van der Waals surface area (Å²) in [6.07, 6.45) is 0.682. The van der Waals surface area contributed by atoms with Gasteiger partial charge in [-0.2, -0.15) is 0 Å². The lowest BCUT2D eigenvalue weighted by Crippen LogP contribution is -2.25. The van der Waals surface area contributed by atoms with Gasteiger partial charge < -0.3 is 0 Å². The fourth-order valence-corrected chi connectivity index (χ4v) is 3.18. The number of aryl methyl sites for hydroxylation is 2. The molecular weight excluding hydrogens is 330 g/mol. The molecule has 0 aliphatic rings. The number of hydrogen-bond acceptors (Lipinski definition) is 4. The Labute approximate surface area is 152 Å². The van der Waals surface area contributed by atoms with Crippen molar-refractivity contribution in [3.05, 3.63) is 81.7 Å². The van der Waals surface area contributed by atoms with Crippen LogP contribution in [0.15, 0.2) is 65.0 Å². The Kier molecular flexibility index (Phi) is 5.93. The number of aromatic nitrogens is 1. The Bertz CT molecular complexity index is 809. The highest BCUT2D eigenvalue weighted by atomic mass is 32.1. The monoisotopic (exact) mass is 351 g/mol. The third kappa shape index (κ3) is 5.52. The Morgan fingerprint density at radius 3 is 2.68 bits per heavy atom. The summed E-state index contributed by atoms with van der Waals surface area (Å²) in [6, 6.07) is 18.2. The van der Waals surface area contributed by atoms with Crippen molar-refractivity contribution in [1.29, 1.82) is 0 Å². The van der Waals surface area contributed by atoms with Crippen LogP contribution in [-0.2, 0) is 17.9 Å². The Morgan fingerprint density at radius 2 is 1.96 bits per heavy atom. The molecule has 2 aromatic heterocycles. The van der Waals surface area contributed by atoms with Gasteiger partial charge in [-0.05, 0) is 48.6 Å². The normalized spacial score (nSPS) is 11.5. The molecule has 0 aliphatic carbocycles. The van der Waals surface area contributed by atoms with Gasteiger partial charge in [-0.3, -0.25) is 10.3 Å². The Balaban J connectivity index is 1.73. The van der Waals surface area contributed by atoms with Gasteiger partial charge >= 0.3 is 0 Å². The number of nitrogens with one attached hydrogen (secondary N) is 1. The summed E-state index contributed by atoms with van der Waals surface area (Å²) in [5, 5.41) is 2.06. The smallest absolute Gasteiger partial charge is 0.154 e. The van der Waals surface area contributed by atoms with Crippen LogP contribution in [-0.4, -0.2) is 10.8 Å². The standard InChI is InChI=1S/C20H21N3OS/c1-15-11-16(2)21-19(12-15)22-20(13-18-9-6-10-25-18)23-24-14-17-7-4-3-5-8-17/h3-12H,13-14H2,1-2H3,(H,21,22,23). The third-order valence-electron chi connectivity index (χ3n) is 3.53. The SMILES string of the molecule is Cc1cc(C)nc(/N=C(\Cc2cccs2)NOCc2ccccc2)c1. The number of rotatable bonds is 6. The molecule has 0 bridgehead atoms. The lowest BCUT2D eigenvalue weighted by molar-refractivity contribution is 0.0702. The second-order valence-corrected chi connectivity index (χ2v) is 6.87. The zero-order valence-electron chi connectivity index (χ0n) is 14.4. The molecule has 0 atom stereocenters. The van der Waals surface area contributed by atoms with Crippen molar-refractivity contribution in [2.75, 3.05) is 0 Å². The molecule has 3 aromatic rings. The lowest BCUT2D eigenvalue weighted by Gasteiger charge is -2.10. The van der Waals surface area contributed by atoms with Crippen molar-refractivity contribution in [1.82, 2.24) is 10.5 Å². The van der Waals surface area contributed by atoms with E-state index in [1.165, 1.54) is 4.88 Å². The van der Waals surface area contributed by atoms with Gasteiger partial charge in [0.15, 0.2) is 5.82 Å². The number of nitrogens with zero attached hydrogens (tertiary/aromatic N) is 2. The van der Waals surface area contributed by atoms with E-state index < -0.39 is 0 Å². The lowest BCUT2D eigenvalue weighted by atomic mass is 10.2. The summed E-state index contributed by atoms with van der Waals surface area (Å²) in [5.41, 5.74) is 6.22. The largest absolute Gasteiger partial charge is 0.270 e. The average molecular weight is 351 g/mol. The number of aliphatic imine (C=N–C) groups is 1. The van der Waals surface area contributed by atoms with Gasteiger partial charge in [0, 0.05) is 17.0 Å². The molecule has 0 spiro atoms. The van der Waals surface area contributed by atoms with Gasteiger partial charge in [-0.25, -0.2) is 9.98 Å². The summed E-state index contributed by atoms with van der Waals surface area (Å²) in [4.78, 5) is 16.0. The van der Waals surface area contributed by atoms with Crippen molar-refractivity contribution < 1.29 is 4.84 Å². The van der Waals surface area contributed by atoms with Gasteiger partial charge in [0.1, 0.15) is 5.84 Å². The molecule has 0 saturated heterocycles. The molecule has 4 nitrogen and oxygen atoms in total. The molecule has 5 heteroatoms. The van der Waals surface area contributed by atoms with Gasteiger partial charge in [-0.15, -0.1) is 11.3 Å². The molecule has 1 aromatic carbocycles. The molecule has 0 radical (unpaired) electrons. The molecule has 0 aliphatic heterocycles. The molecule has 0 amide bonds. The number of pyridine rings is 1. The van der Waals surface area contributed by atoms with Gasteiger partial charge in [0.25, 0.3) is 0 Å². The quantitative estimate of drug-likeness (QED) is 0.396. The molecular formula is C20H21N3OS. The summed E-state index contributed by atoms with van der Waals surface area (Å²) >= 11 is 1.70. The van der Waals surface area contributed by atoms with Crippen molar-refractivity contribution in [3.63, 3.8) is 0 Å². The van der Waals surface area contributed by atoms with Gasteiger partial charge in [-0.1, -0.05) is 36.4 Å². The van der Waals surface area contributed by atoms with E-state index in [-0.39, 0.29) is 0 Å². The van der Waals surface area contributed by atoms with E-state index in [1.807, 2.05) is 62.4 Å². The Hall–Kier alpha value is -2.50. The first-order valence-electron chi connectivity index (χ1n) is 8.16. The van der Waals surface area contributed by atoms with Crippen LogP contribution in [0.3, 0.4) is 0 Å². The first kappa shape index (κ1) is 17.3. The summed E-state index contributed by atoms with van der Waals surface area (Å²) in [5.74, 6) is 1.44. The molecule has 2 heterocycles. The van der Waals surface area contributed by atoms with Crippen molar-refractivity contribution >= 4 is 23.0 Å². The molecule has 1 N–H and O–H groups in total. The minimum absolute atomic E-state index is 0.477. The fraction of sp³-hybridized carbons (Fsp3) is 0.200. The van der Waals surface area contributed by atoms with Gasteiger partial charge in [0.2, 0.25) is 0 Å². The topological polar surface area (TPSA) is 46.5 Å². The minimum Gasteiger partial charge on any atom is -0.270 e. The van der Waals surface area contributed by atoms with Crippen LogP contribution in [0, 0.1) is 13.8 Å². The maximum Gasteiger partial charge on any atom is 0.154 e. The number of hydroxylamine groups is 1. The minimum atomic E-state index is 0.477. The summed E-state index contributed by atoms with van der Waals surface area (Å²) < 4.78 is 0. The molecule has 0 saturated carbocycles. The average Bonchev–Trinajstić information content (AvgIpc) is 3.08. The zero-order chi connectivity index (χ0) is 17.5. The predicted molar refractivity (Wildman–Crippen MR) is 103 cm³/mol. The first-order chi connectivity index (χ1) is 12.2. The van der Waals surface area contributed by atoms with Crippen molar-refractivity contribution in [2.24, 2.45) is 4.99 Å². The number of benzene rings is 1. The van der Waals surface area contributed by atoms with Crippen LogP contribution in [0.2, 0.25) is 0 Å². The molecule has 0 unspecified atom stereocenters. The maximum atomic E-state index is 5.66. The summed E-state index contributed by atoms with van der Waals surface area (Å²) in [6.45, 7) is 4.50. The number of hydrogen-bond donors (Lipinski definition) is 1. The molecule has 0 fully saturated rings. The highest BCUT2D eigenvalue weighted by Gasteiger charge is 2.05. The second kappa shape index (κ2) is 8.55. The third-order valence-corrected chi connectivity index (χ3v) is 4.40.